The fourth-order valence-corrected chi connectivity index (χ4v) is 2.92. The second-order valence-electron chi connectivity index (χ2n) is 6.13. The first kappa shape index (κ1) is 17.2. The van der Waals surface area contributed by atoms with Crippen LogP contribution in [0.1, 0.15) is 36.0 Å². The number of para-hydroxylation sites is 2. The third kappa shape index (κ3) is 4.90. The van der Waals surface area contributed by atoms with Crippen LogP contribution in [-0.4, -0.2) is 24.5 Å². The summed E-state index contributed by atoms with van der Waals surface area (Å²) in [7, 11) is 0. The van der Waals surface area contributed by atoms with Crippen molar-refractivity contribution in [2.24, 2.45) is 0 Å². The largest absolute Gasteiger partial charge is 0.368 e. The van der Waals surface area contributed by atoms with Crippen molar-refractivity contribution in [2.45, 2.75) is 31.8 Å². The van der Waals surface area contributed by atoms with Crippen LogP contribution in [0.2, 0.25) is 0 Å². The highest BCUT2D eigenvalue weighted by atomic mass is 16.5. The monoisotopic (exact) mass is 338 g/mol. The third-order valence-electron chi connectivity index (χ3n) is 4.24. The number of nitrogens with one attached hydrogen (secondary N) is 2. The predicted octanol–water partition coefficient (Wildman–Crippen LogP) is 3.84. The summed E-state index contributed by atoms with van der Waals surface area (Å²) in [5.74, 6) is -0.433. The Morgan fingerprint density at radius 2 is 1.48 bits per heavy atom. The molecule has 0 aromatic heterocycles. The lowest BCUT2D eigenvalue weighted by Gasteiger charge is -2.14. The van der Waals surface area contributed by atoms with E-state index in [1.54, 1.807) is 24.3 Å². The van der Waals surface area contributed by atoms with Crippen LogP contribution in [-0.2, 0) is 9.53 Å². The van der Waals surface area contributed by atoms with Crippen molar-refractivity contribution in [1.29, 1.82) is 0 Å². The molecule has 3 rings (SSSR count). The molecule has 5 heteroatoms. The molecule has 1 aliphatic carbocycles. The number of hydrogen-bond acceptors (Lipinski definition) is 3. The standard InChI is InChI=1S/C20H22N2O3/c23-19(14-25-16-10-4-5-11-16)21-17-12-6-7-13-18(17)22-20(24)15-8-2-1-3-9-15/h1-3,6-9,12-13,16H,4-5,10-11,14H2,(H,21,23)(H,22,24). The van der Waals surface area contributed by atoms with E-state index in [0.717, 1.165) is 12.8 Å². The summed E-state index contributed by atoms with van der Waals surface area (Å²) < 4.78 is 5.63. The van der Waals surface area contributed by atoms with Crippen LogP contribution in [0.4, 0.5) is 11.4 Å². The van der Waals surface area contributed by atoms with E-state index in [4.69, 9.17) is 4.74 Å². The SMILES string of the molecule is O=C(COC1CCCC1)Nc1ccccc1NC(=O)c1ccccc1. The predicted molar refractivity (Wildman–Crippen MR) is 97.7 cm³/mol. The molecule has 2 aromatic carbocycles. The topological polar surface area (TPSA) is 67.4 Å². The second kappa shape index (κ2) is 8.44. The average Bonchev–Trinajstić information content (AvgIpc) is 3.16. The molecule has 1 aliphatic rings. The van der Waals surface area contributed by atoms with Crippen molar-refractivity contribution in [3.05, 3.63) is 60.2 Å². The molecule has 0 atom stereocenters. The van der Waals surface area contributed by atoms with Gasteiger partial charge >= 0.3 is 0 Å². The van der Waals surface area contributed by atoms with Crippen molar-refractivity contribution in [3.63, 3.8) is 0 Å². The van der Waals surface area contributed by atoms with Gasteiger partial charge in [0.1, 0.15) is 6.61 Å². The number of carbonyl (C=O) groups is 2. The van der Waals surface area contributed by atoms with E-state index >= 15 is 0 Å². The quantitative estimate of drug-likeness (QED) is 0.841. The molecule has 0 saturated heterocycles. The highest BCUT2D eigenvalue weighted by Crippen LogP contribution is 2.23. The molecule has 1 fully saturated rings. The summed E-state index contributed by atoms with van der Waals surface area (Å²) in [5, 5.41) is 5.65. The van der Waals surface area contributed by atoms with Crippen molar-refractivity contribution in [2.75, 3.05) is 17.2 Å². The molecular formula is C20H22N2O3. The summed E-state index contributed by atoms with van der Waals surface area (Å²) in [5.41, 5.74) is 1.69. The molecule has 25 heavy (non-hydrogen) atoms. The molecule has 1 saturated carbocycles. The molecular weight excluding hydrogens is 316 g/mol. The first-order valence-corrected chi connectivity index (χ1v) is 8.59. The summed E-state index contributed by atoms with van der Waals surface area (Å²) in [6.07, 6.45) is 4.58. The number of hydrogen-bond donors (Lipinski definition) is 2. The molecule has 2 N–H and O–H groups in total. The van der Waals surface area contributed by atoms with Crippen molar-refractivity contribution < 1.29 is 14.3 Å². The van der Waals surface area contributed by atoms with Crippen LogP contribution >= 0.6 is 0 Å². The zero-order chi connectivity index (χ0) is 17.5. The van der Waals surface area contributed by atoms with Gasteiger partial charge in [-0.2, -0.15) is 0 Å². The van der Waals surface area contributed by atoms with Crippen molar-refractivity contribution in [3.8, 4) is 0 Å². The van der Waals surface area contributed by atoms with E-state index in [1.165, 1.54) is 12.8 Å². The number of anilines is 2. The Morgan fingerprint density at radius 1 is 0.880 bits per heavy atom. The van der Waals surface area contributed by atoms with Gasteiger partial charge in [0.2, 0.25) is 5.91 Å². The summed E-state index contributed by atoms with van der Waals surface area (Å²) in [6, 6.07) is 16.1. The molecule has 130 valence electrons. The Hall–Kier alpha value is -2.66. The third-order valence-corrected chi connectivity index (χ3v) is 4.24. The van der Waals surface area contributed by atoms with Gasteiger partial charge in [0.05, 0.1) is 17.5 Å². The molecule has 2 aromatic rings. The first-order valence-electron chi connectivity index (χ1n) is 8.59. The van der Waals surface area contributed by atoms with Crippen LogP contribution < -0.4 is 10.6 Å². The Balaban J connectivity index is 1.60. The maximum absolute atomic E-state index is 12.3. The molecule has 0 bridgehead atoms. The lowest BCUT2D eigenvalue weighted by atomic mass is 10.2. The van der Waals surface area contributed by atoms with E-state index < -0.39 is 0 Å². The van der Waals surface area contributed by atoms with E-state index in [2.05, 4.69) is 10.6 Å². The van der Waals surface area contributed by atoms with Crippen molar-refractivity contribution >= 4 is 23.2 Å². The van der Waals surface area contributed by atoms with Gasteiger partial charge in [0.15, 0.2) is 0 Å². The van der Waals surface area contributed by atoms with Gasteiger partial charge in [-0.1, -0.05) is 43.2 Å². The van der Waals surface area contributed by atoms with Gasteiger partial charge in [-0.05, 0) is 37.1 Å². The Morgan fingerprint density at radius 3 is 2.16 bits per heavy atom. The highest BCUT2D eigenvalue weighted by molar-refractivity contribution is 6.07. The van der Waals surface area contributed by atoms with Gasteiger partial charge in [0, 0.05) is 5.56 Å². The molecule has 5 nitrogen and oxygen atoms in total. The van der Waals surface area contributed by atoms with Crippen LogP contribution in [0.3, 0.4) is 0 Å². The number of carbonyl (C=O) groups excluding carboxylic acids is 2. The normalized spacial score (nSPS) is 14.2. The second-order valence-corrected chi connectivity index (χ2v) is 6.13. The highest BCUT2D eigenvalue weighted by Gasteiger charge is 2.17. The molecule has 0 radical (unpaired) electrons. The van der Waals surface area contributed by atoms with Gasteiger partial charge in [0.25, 0.3) is 5.91 Å². The van der Waals surface area contributed by atoms with Gasteiger partial charge in [-0.3, -0.25) is 9.59 Å². The van der Waals surface area contributed by atoms with Gasteiger partial charge in [-0.15, -0.1) is 0 Å². The van der Waals surface area contributed by atoms with Crippen LogP contribution in [0.15, 0.2) is 54.6 Å². The zero-order valence-corrected chi connectivity index (χ0v) is 14.0. The van der Waals surface area contributed by atoms with E-state index in [9.17, 15) is 9.59 Å². The molecule has 0 spiro atoms. The van der Waals surface area contributed by atoms with Crippen molar-refractivity contribution in [1.82, 2.24) is 0 Å². The van der Waals surface area contributed by atoms with E-state index in [-0.39, 0.29) is 24.5 Å². The zero-order valence-electron chi connectivity index (χ0n) is 14.0. The minimum atomic E-state index is -0.218. The van der Waals surface area contributed by atoms with Crippen LogP contribution in [0, 0.1) is 0 Å². The lowest BCUT2D eigenvalue weighted by Crippen LogP contribution is -2.23. The fraction of sp³-hybridized carbons (Fsp3) is 0.300. The Labute approximate surface area is 147 Å². The lowest BCUT2D eigenvalue weighted by molar-refractivity contribution is -0.122. The van der Waals surface area contributed by atoms with Gasteiger partial charge < -0.3 is 15.4 Å². The van der Waals surface area contributed by atoms with Crippen LogP contribution in [0.25, 0.3) is 0 Å². The molecule has 0 aliphatic heterocycles. The molecule has 0 unspecified atom stereocenters. The number of rotatable bonds is 6. The summed E-state index contributed by atoms with van der Waals surface area (Å²) in [4.78, 5) is 24.4. The minimum Gasteiger partial charge on any atom is -0.368 e. The Bertz CT molecular complexity index is 725. The van der Waals surface area contributed by atoms with E-state index in [0.29, 0.717) is 16.9 Å². The number of amides is 2. The number of ether oxygens (including phenoxy) is 1. The summed E-state index contributed by atoms with van der Waals surface area (Å²) >= 11 is 0. The first-order chi connectivity index (χ1) is 12.2. The average molecular weight is 338 g/mol. The summed E-state index contributed by atoms with van der Waals surface area (Å²) in [6.45, 7) is 0.0334. The minimum absolute atomic E-state index is 0.0334. The fourth-order valence-electron chi connectivity index (χ4n) is 2.92. The van der Waals surface area contributed by atoms with Gasteiger partial charge in [-0.25, -0.2) is 0 Å². The van der Waals surface area contributed by atoms with Crippen LogP contribution in [0.5, 0.6) is 0 Å². The number of benzene rings is 2. The maximum atomic E-state index is 12.3. The smallest absolute Gasteiger partial charge is 0.255 e. The molecule has 2 amide bonds. The maximum Gasteiger partial charge on any atom is 0.255 e. The van der Waals surface area contributed by atoms with E-state index in [1.807, 2.05) is 30.3 Å². The molecule has 0 heterocycles. The Kier molecular flexibility index (Phi) is 5.80.